The lowest BCUT2D eigenvalue weighted by Crippen LogP contribution is -2.50. The molecule has 0 saturated carbocycles. The van der Waals surface area contributed by atoms with Gasteiger partial charge in [-0.2, -0.15) is 0 Å². The first-order valence-corrected chi connectivity index (χ1v) is 8.39. The van der Waals surface area contributed by atoms with E-state index in [0.717, 1.165) is 37.3 Å². The van der Waals surface area contributed by atoms with Crippen molar-refractivity contribution < 1.29 is 9.52 Å². The molecule has 0 amide bonds. The number of piperidine rings is 1. The van der Waals surface area contributed by atoms with Crippen LogP contribution in [-0.2, 0) is 13.1 Å². The average Bonchev–Trinajstić information content (AvgIpc) is 3.16. The third-order valence-corrected chi connectivity index (χ3v) is 4.84. The van der Waals surface area contributed by atoms with Gasteiger partial charge in [-0.3, -0.25) is 4.90 Å². The summed E-state index contributed by atoms with van der Waals surface area (Å²) in [6.07, 6.45) is 5.20. The van der Waals surface area contributed by atoms with Gasteiger partial charge >= 0.3 is 0 Å². The Morgan fingerprint density at radius 1 is 1.33 bits per heavy atom. The number of benzene rings is 1. The highest BCUT2D eigenvalue weighted by atomic mass is 16.3. The predicted molar refractivity (Wildman–Crippen MR) is 90.4 cm³/mol. The molecule has 6 heteroatoms. The fourth-order valence-corrected chi connectivity index (χ4v) is 3.73. The summed E-state index contributed by atoms with van der Waals surface area (Å²) in [5, 5.41) is 19.9. The molecule has 126 valence electrons. The van der Waals surface area contributed by atoms with Crippen LogP contribution in [0.4, 0.5) is 0 Å². The van der Waals surface area contributed by atoms with Crippen LogP contribution >= 0.6 is 0 Å². The van der Waals surface area contributed by atoms with Gasteiger partial charge in [0.2, 0.25) is 0 Å². The van der Waals surface area contributed by atoms with Crippen LogP contribution in [-0.4, -0.2) is 43.7 Å². The minimum Gasteiger partial charge on any atom is -0.461 e. The largest absolute Gasteiger partial charge is 0.461 e. The lowest BCUT2D eigenvalue weighted by atomic mass is 9.92. The van der Waals surface area contributed by atoms with Crippen LogP contribution in [0, 0.1) is 6.92 Å². The number of aryl methyl sites for hydroxylation is 1. The van der Waals surface area contributed by atoms with Crippen LogP contribution in [0.25, 0.3) is 11.0 Å². The predicted octanol–water partition coefficient (Wildman–Crippen LogP) is 2.36. The molecule has 24 heavy (non-hydrogen) atoms. The smallest absolute Gasteiger partial charge is 0.134 e. The van der Waals surface area contributed by atoms with E-state index < -0.39 is 5.60 Å². The Kier molecular flexibility index (Phi) is 3.86. The third kappa shape index (κ3) is 2.95. The summed E-state index contributed by atoms with van der Waals surface area (Å²) in [5.74, 6) is 0.960. The van der Waals surface area contributed by atoms with Crippen molar-refractivity contribution in [1.82, 2.24) is 19.9 Å². The number of para-hydroxylation sites is 1. The molecule has 0 bridgehead atoms. The Bertz CT molecular complexity index is 827. The van der Waals surface area contributed by atoms with Crippen LogP contribution in [0.2, 0.25) is 0 Å². The molecule has 0 spiro atoms. The molecule has 4 rings (SSSR count). The zero-order valence-electron chi connectivity index (χ0n) is 13.9. The normalized spacial score (nSPS) is 22.2. The zero-order valence-corrected chi connectivity index (χ0v) is 13.9. The lowest BCUT2D eigenvalue weighted by Gasteiger charge is -2.39. The molecule has 1 aliphatic heterocycles. The fraction of sp³-hybridized carbons (Fsp3) is 0.444. The molecular formula is C18H22N4O2. The van der Waals surface area contributed by atoms with Gasteiger partial charge in [-0.05, 0) is 32.4 Å². The van der Waals surface area contributed by atoms with E-state index in [1.807, 2.05) is 25.1 Å². The van der Waals surface area contributed by atoms with E-state index in [-0.39, 0.29) is 0 Å². The summed E-state index contributed by atoms with van der Waals surface area (Å²) in [7, 11) is 0. The molecule has 3 aromatic rings. The number of rotatable bonds is 4. The molecule has 1 aliphatic rings. The number of hydrogen-bond acceptors (Lipinski definition) is 5. The number of nitrogens with zero attached hydrogens (tertiary/aromatic N) is 4. The van der Waals surface area contributed by atoms with Gasteiger partial charge in [0.15, 0.2) is 0 Å². The first-order valence-electron chi connectivity index (χ1n) is 8.39. The second-order valence-electron chi connectivity index (χ2n) is 6.77. The second kappa shape index (κ2) is 6.03. The Morgan fingerprint density at radius 2 is 2.21 bits per heavy atom. The van der Waals surface area contributed by atoms with Crippen molar-refractivity contribution in [3.8, 4) is 0 Å². The minimum absolute atomic E-state index is 0.481. The maximum absolute atomic E-state index is 11.0. The van der Waals surface area contributed by atoms with Gasteiger partial charge in [0.05, 0.1) is 18.3 Å². The standard InChI is InChI=1S/C18H22N4O2/c1-14-16(15-5-2-3-6-17(15)24-14)11-21-9-4-7-18(23,12-21)13-22-10-8-19-20-22/h2-3,5-6,8,10,23H,4,7,9,11-13H2,1H3. The van der Waals surface area contributed by atoms with Crippen molar-refractivity contribution in [1.29, 1.82) is 0 Å². The molecule has 1 N–H and O–H groups in total. The maximum atomic E-state index is 11.0. The van der Waals surface area contributed by atoms with Crippen molar-refractivity contribution >= 4 is 11.0 Å². The van der Waals surface area contributed by atoms with Gasteiger partial charge in [0, 0.05) is 30.2 Å². The highest BCUT2D eigenvalue weighted by Gasteiger charge is 2.34. The molecule has 1 atom stereocenters. The summed E-state index contributed by atoms with van der Waals surface area (Å²) in [6.45, 7) is 4.91. The summed E-state index contributed by atoms with van der Waals surface area (Å²) < 4.78 is 7.58. The van der Waals surface area contributed by atoms with Crippen LogP contribution in [0.3, 0.4) is 0 Å². The average molecular weight is 326 g/mol. The van der Waals surface area contributed by atoms with E-state index in [0.29, 0.717) is 13.1 Å². The molecular weight excluding hydrogens is 304 g/mol. The molecule has 3 heterocycles. The van der Waals surface area contributed by atoms with Crippen LogP contribution < -0.4 is 0 Å². The summed E-state index contributed by atoms with van der Waals surface area (Å²) in [4.78, 5) is 2.31. The number of fused-ring (bicyclic) bond motifs is 1. The molecule has 1 saturated heterocycles. The van der Waals surface area contributed by atoms with Crippen LogP contribution in [0.5, 0.6) is 0 Å². The monoisotopic (exact) mass is 326 g/mol. The fourth-order valence-electron chi connectivity index (χ4n) is 3.73. The van der Waals surface area contributed by atoms with Crippen LogP contribution in [0.15, 0.2) is 41.1 Å². The Morgan fingerprint density at radius 3 is 3.04 bits per heavy atom. The van der Waals surface area contributed by atoms with Gasteiger partial charge in [0.1, 0.15) is 11.3 Å². The van der Waals surface area contributed by atoms with Crippen LogP contribution in [0.1, 0.15) is 24.2 Å². The quantitative estimate of drug-likeness (QED) is 0.797. The van der Waals surface area contributed by atoms with E-state index in [2.05, 4.69) is 21.3 Å². The third-order valence-electron chi connectivity index (χ3n) is 4.84. The SMILES string of the molecule is Cc1oc2ccccc2c1CN1CCCC(O)(Cn2ccnn2)C1. The van der Waals surface area contributed by atoms with E-state index in [9.17, 15) is 5.11 Å². The first-order chi connectivity index (χ1) is 11.6. The molecule has 1 unspecified atom stereocenters. The molecule has 2 aromatic heterocycles. The number of aliphatic hydroxyl groups is 1. The number of aromatic nitrogens is 3. The van der Waals surface area contributed by atoms with Crippen molar-refractivity contribution in [2.75, 3.05) is 13.1 Å². The van der Waals surface area contributed by atoms with Crippen molar-refractivity contribution in [2.24, 2.45) is 0 Å². The van der Waals surface area contributed by atoms with E-state index in [1.165, 1.54) is 10.9 Å². The van der Waals surface area contributed by atoms with E-state index >= 15 is 0 Å². The van der Waals surface area contributed by atoms with Gasteiger partial charge in [-0.1, -0.05) is 23.4 Å². The van der Waals surface area contributed by atoms with Crippen molar-refractivity contribution in [2.45, 2.75) is 38.5 Å². The zero-order chi connectivity index (χ0) is 16.6. The molecule has 6 nitrogen and oxygen atoms in total. The number of likely N-dealkylation sites (tertiary alicyclic amines) is 1. The summed E-state index contributed by atoms with van der Waals surface area (Å²) >= 11 is 0. The Balaban J connectivity index is 1.53. The minimum atomic E-state index is -0.764. The lowest BCUT2D eigenvalue weighted by molar-refractivity contribution is -0.0478. The van der Waals surface area contributed by atoms with Gasteiger partial charge in [0.25, 0.3) is 0 Å². The summed E-state index contributed by atoms with van der Waals surface area (Å²) in [6, 6.07) is 8.14. The highest BCUT2D eigenvalue weighted by molar-refractivity contribution is 5.82. The molecule has 0 aliphatic carbocycles. The Hall–Kier alpha value is -2.18. The maximum Gasteiger partial charge on any atom is 0.134 e. The second-order valence-corrected chi connectivity index (χ2v) is 6.77. The van der Waals surface area contributed by atoms with Gasteiger partial charge in [-0.25, -0.2) is 4.68 Å². The summed E-state index contributed by atoms with van der Waals surface area (Å²) in [5.41, 5.74) is 1.38. The van der Waals surface area contributed by atoms with Gasteiger partial charge < -0.3 is 9.52 Å². The highest BCUT2D eigenvalue weighted by Crippen LogP contribution is 2.29. The number of hydrogen-bond donors (Lipinski definition) is 1. The molecule has 0 radical (unpaired) electrons. The molecule has 1 aromatic carbocycles. The topological polar surface area (TPSA) is 67.3 Å². The molecule has 1 fully saturated rings. The Labute approximate surface area is 140 Å². The number of furan rings is 1. The first kappa shape index (κ1) is 15.4. The van der Waals surface area contributed by atoms with Crippen molar-refractivity contribution in [3.05, 3.63) is 48.0 Å². The van der Waals surface area contributed by atoms with E-state index in [1.54, 1.807) is 17.1 Å². The van der Waals surface area contributed by atoms with E-state index in [4.69, 9.17) is 4.42 Å². The van der Waals surface area contributed by atoms with Crippen molar-refractivity contribution in [3.63, 3.8) is 0 Å². The van der Waals surface area contributed by atoms with Gasteiger partial charge in [-0.15, -0.1) is 5.10 Å². The number of β-amino-alcohol motifs (C(OH)–C–C–N with tert-alkyl or cyclic N) is 1.